The molecule has 10 heteroatoms. The van der Waals surface area contributed by atoms with Gasteiger partial charge in [-0.15, -0.1) is 10.2 Å². The number of hydrogen-bond acceptors (Lipinski definition) is 7. The van der Waals surface area contributed by atoms with E-state index in [2.05, 4.69) is 10.2 Å². The molecule has 1 aliphatic heterocycles. The third kappa shape index (κ3) is 4.13. The van der Waals surface area contributed by atoms with Gasteiger partial charge in [-0.3, -0.25) is 0 Å². The maximum atomic E-state index is 14.0. The van der Waals surface area contributed by atoms with Crippen molar-refractivity contribution in [2.24, 2.45) is 0 Å². The highest BCUT2D eigenvalue weighted by Crippen LogP contribution is 2.34. The van der Waals surface area contributed by atoms with Gasteiger partial charge in [0.15, 0.2) is 11.5 Å². The molecule has 31 heavy (non-hydrogen) atoms. The summed E-state index contributed by atoms with van der Waals surface area (Å²) >= 11 is 0. The van der Waals surface area contributed by atoms with E-state index in [-0.39, 0.29) is 28.8 Å². The van der Waals surface area contributed by atoms with E-state index in [1.165, 1.54) is 36.7 Å². The number of piperidine rings is 1. The first kappa shape index (κ1) is 21.3. The fraction of sp³-hybridized carbons (Fsp3) is 0.333. The van der Waals surface area contributed by atoms with E-state index in [0.29, 0.717) is 36.8 Å². The van der Waals surface area contributed by atoms with Crippen molar-refractivity contribution in [3.05, 3.63) is 54.2 Å². The molecule has 0 spiro atoms. The number of rotatable bonds is 6. The van der Waals surface area contributed by atoms with Gasteiger partial charge in [-0.1, -0.05) is 12.1 Å². The van der Waals surface area contributed by atoms with E-state index < -0.39 is 15.8 Å². The SMILES string of the molecule is COc1ccc(S(=O)(=O)N2CCC[C@@H](c3nnc(-c4ccccc4F)o3)C2)cc1OC. The Labute approximate surface area is 179 Å². The molecule has 1 aromatic heterocycles. The Morgan fingerprint density at radius 1 is 1.10 bits per heavy atom. The fourth-order valence-corrected chi connectivity index (χ4v) is 5.17. The molecule has 0 radical (unpaired) electrons. The third-order valence-corrected chi connectivity index (χ3v) is 7.13. The first-order valence-corrected chi connectivity index (χ1v) is 11.2. The fourth-order valence-electron chi connectivity index (χ4n) is 3.63. The molecule has 0 bridgehead atoms. The minimum absolute atomic E-state index is 0.0768. The van der Waals surface area contributed by atoms with Gasteiger partial charge in [0.1, 0.15) is 5.82 Å². The minimum atomic E-state index is -3.76. The van der Waals surface area contributed by atoms with Gasteiger partial charge in [0.25, 0.3) is 5.89 Å². The van der Waals surface area contributed by atoms with Crippen LogP contribution in [0.4, 0.5) is 4.39 Å². The second kappa shape index (κ2) is 8.64. The van der Waals surface area contributed by atoms with Crippen LogP contribution in [0, 0.1) is 5.82 Å². The number of hydrogen-bond donors (Lipinski definition) is 0. The number of ether oxygens (including phenoxy) is 2. The van der Waals surface area contributed by atoms with Crippen LogP contribution in [0.1, 0.15) is 24.7 Å². The van der Waals surface area contributed by atoms with Crippen LogP contribution in [0.25, 0.3) is 11.5 Å². The van der Waals surface area contributed by atoms with E-state index in [4.69, 9.17) is 13.9 Å². The largest absolute Gasteiger partial charge is 0.493 e. The molecular weight excluding hydrogens is 425 g/mol. The highest BCUT2D eigenvalue weighted by atomic mass is 32.2. The second-order valence-electron chi connectivity index (χ2n) is 7.14. The summed E-state index contributed by atoms with van der Waals surface area (Å²) in [4.78, 5) is 0.114. The summed E-state index contributed by atoms with van der Waals surface area (Å²) in [6, 6.07) is 10.6. The standard InChI is InChI=1S/C21H22FN3O5S/c1-28-18-10-9-15(12-19(18)29-2)31(26,27)25-11-5-6-14(13-25)20-23-24-21(30-20)16-7-3-4-8-17(16)22/h3-4,7-10,12,14H,5-6,11,13H2,1-2H3/t14-/m1/s1. The zero-order chi connectivity index (χ0) is 22.0. The molecule has 2 heterocycles. The summed E-state index contributed by atoms with van der Waals surface area (Å²) in [7, 11) is -0.825. The molecule has 0 unspecified atom stereocenters. The molecule has 0 aliphatic carbocycles. The van der Waals surface area contributed by atoms with E-state index >= 15 is 0 Å². The normalized spacial score (nSPS) is 17.5. The quantitative estimate of drug-likeness (QED) is 0.571. The van der Waals surface area contributed by atoms with Gasteiger partial charge in [0, 0.05) is 19.2 Å². The third-order valence-electron chi connectivity index (χ3n) is 5.27. The summed E-state index contributed by atoms with van der Waals surface area (Å²) in [5, 5.41) is 8.01. The molecule has 8 nitrogen and oxygen atoms in total. The zero-order valence-electron chi connectivity index (χ0n) is 17.1. The Balaban J connectivity index is 1.57. The molecule has 0 saturated carbocycles. The Hall–Kier alpha value is -2.98. The van der Waals surface area contributed by atoms with Crippen LogP contribution in [0.15, 0.2) is 51.8 Å². The van der Waals surface area contributed by atoms with Gasteiger partial charge in [-0.25, -0.2) is 12.8 Å². The van der Waals surface area contributed by atoms with Gasteiger partial charge < -0.3 is 13.9 Å². The van der Waals surface area contributed by atoms with Crippen LogP contribution in [-0.4, -0.2) is 50.2 Å². The minimum Gasteiger partial charge on any atom is -0.493 e. The predicted molar refractivity (Wildman–Crippen MR) is 110 cm³/mol. The van der Waals surface area contributed by atoms with E-state index in [0.717, 1.165) is 0 Å². The number of halogens is 1. The number of nitrogens with zero attached hydrogens (tertiary/aromatic N) is 3. The molecule has 2 aromatic carbocycles. The number of aromatic nitrogens is 2. The smallest absolute Gasteiger partial charge is 0.250 e. The second-order valence-corrected chi connectivity index (χ2v) is 9.08. The average molecular weight is 447 g/mol. The van der Waals surface area contributed by atoms with Crippen molar-refractivity contribution in [1.29, 1.82) is 0 Å². The Kier molecular flexibility index (Phi) is 5.92. The molecule has 4 rings (SSSR count). The van der Waals surface area contributed by atoms with E-state index in [9.17, 15) is 12.8 Å². The average Bonchev–Trinajstić information content (AvgIpc) is 3.29. The number of methoxy groups -OCH3 is 2. The predicted octanol–water partition coefficient (Wildman–Crippen LogP) is 3.46. The van der Waals surface area contributed by atoms with Crippen LogP contribution >= 0.6 is 0 Å². The topological polar surface area (TPSA) is 94.8 Å². The van der Waals surface area contributed by atoms with Gasteiger partial charge in [-0.2, -0.15) is 4.31 Å². The van der Waals surface area contributed by atoms with E-state index in [1.807, 2.05) is 0 Å². The van der Waals surface area contributed by atoms with E-state index in [1.54, 1.807) is 24.3 Å². The van der Waals surface area contributed by atoms with Crippen LogP contribution in [-0.2, 0) is 10.0 Å². The van der Waals surface area contributed by atoms with Crippen molar-refractivity contribution in [2.75, 3.05) is 27.3 Å². The summed E-state index contributed by atoms with van der Waals surface area (Å²) in [5.74, 6) is 0.419. The van der Waals surface area contributed by atoms with Gasteiger partial charge in [0.05, 0.1) is 30.6 Å². The molecule has 1 aliphatic rings. The van der Waals surface area contributed by atoms with Crippen molar-refractivity contribution in [3.8, 4) is 23.0 Å². The lowest BCUT2D eigenvalue weighted by atomic mass is 10.00. The molecule has 1 fully saturated rings. The van der Waals surface area contributed by atoms with Crippen LogP contribution in [0.3, 0.4) is 0 Å². The first-order valence-electron chi connectivity index (χ1n) is 9.74. The summed E-state index contributed by atoms with van der Waals surface area (Å²) in [6.07, 6.45) is 1.32. The monoisotopic (exact) mass is 447 g/mol. The summed E-state index contributed by atoms with van der Waals surface area (Å²) in [6.45, 7) is 0.567. The molecule has 164 valence electrons. The lowest BCUT2D eigenvalue weighted by Crippen LogP contribution is -2.39. The first-order chi connectivity index (χ1) is 14.9. The lowest BCUT2D eigenvalue weighted by Gasteiger charge is -2.30. The molecule has 0 N–H and O–H groups in total. The Bertz CT molecular complexity index is 1180. The van der Waals surface area contributed by atoms with Crippen LogP contribution in [0.5, 0.6) is 11.5 Å². The molecule has 0 amide bonds. The van der Waals surface area contributed by atoms with Crippen molar-refractivity contribution in [1.82, 2.24) is 14.5 Å². The zero-order valence-corrected chi connectivity index (χ0v) is 17.9. The van der Waals surface area contributed by atoms with Crippen molar-refractivity contribution < 1.29 is 26.7 Å². The summed E-state index contributed by atoms with van der Waals surface area (Å²) < 4.78 is 58.0. The molecule has 1 saturated heterocycles. The lowest BCUT2D eigenvalue weighted by molar-refractivity contribution is 0.286. The highest BCUT2D eigenvalue weighted by Gasteiger charge is 2.34. The summed E-state index contributed by atoms with van der Waals surface area (Å²) in [5.41, 5.74) is 0.215. The molecule has 3 aromatic rings. The molecular formula is C21H22FN3O5S. The number of sulfonamides is 1. The Morgan fingerprint density at radius 2 is 1.87 bits per heavy atom. The van der Waals surface area contributed by atoms with Crippen molar-refractivity contribution in [3.63, 3.8) is 0 Å². The van der Waals surface area contributed by atoms with Crippen molar-refractivity contribution >= 4 is 10.0 Å². The van der Waals surface area contributed by atoms with Crippen molar-refractivity contribution in [2.45, 2.75) is 23.7 Å². The maximum absolute atomic E-state index is 14.0. The molecule has 1 atom stereocenters. The van der Waals surface area contributed by atoms with Gasteiger partial charge in [0.2, 0.25) is 15.9 Å². The number of benzene rings is 2. The Morgan fingerprint density at radius 3 is 2.61 bits per heavy atom. The highest BCUT2D eigenvalue weighted by molar-refractivity contribution is 7.89. The van der Waals surface area contributed by atoms with Gasteiger partial charge in [-0.05, 0) is 37.1 Å². The van der Waals surface area contributed by atoms with Gasteiger partial charge >= 0.3 is 0 Å². The van der Waals surface area contributed by atoms with Crippen LogP contribution in [0.2, 0.25) is 0 Å². The van der Waals surface area contributed by atoms with Crippen LogP contribution < -0.4 is 9.47 Å². The maximum Gasteiger partial charge on any atom is 0.250 e.